The molecule has 1 heterocycles. The average molecular weight is 252 g/mol. The maximum atomic E-state index is 13.5. The van der Waals surface area contributed by atoms with Gasteiger partial charge >= 0.3 is 0 Å². The Balaban J connectivity index is 2.06. The Kier molecular flexibility index (Phi) is 3.93. The molecule has 0 aromatic heterocycles. The van der Waals surface area contributed by atoms with Crippen molar-refractivity contribution in [2.45, 2.75) is 24.9 Å². The number of primary amides is 1. The molecule has 0 unspecified atom stereocenters. The van der Waals surface area contributed by atoms with E-state index in [9.17, 15) is 9.18 Å². The molecule has 0 aliphatic carbocycles. The number of carbonyl (C=O) groups excluding carboxylic acids is 1. The zero-order chi connectivity index (χ0) is 13.0. The topological polar surface area (TPSA) is 64.4 Å². The molecule has 3 N–H and O–H groups in total. The predicted octanol–water partition coefficient (Wildman–Crippen LogP) is 0.950. The van der Waals surface area contributed by atoms with E-state index in [1.165, 1.54) is 6.07 Å². The summed E-state index contributed by atoms with van der Waals surface area (Å²) in [4.78, 5) is 11.6. The van der Waals surface area contributed by atoms with Gasteiger partial charge in [-0.1, -0.05) is 18.2 Å². The molecule has 1 aromatic carbocycles. The summed E-state index contributed by atoms with van der Waals surface area (Å²) in [5.41, 5.74) is 5.21. The fourth-order valence-corrected chi connectivity index (χ4v) is 2.14. The number of nitrogens with two attached hydrogens (primary N) is 1. The van der Waals surface area contributed by atoms with E-state index in [1.807, 2.05) is 0 Å². The molecule has 1 fully saturated rings. The molecule has 2 rings (SSSR count). The molecule has 0 bridgehead atoms. The monoisotopic (exact) mass is 252 g/mol. The lowest BCUT2D eigenvalue weighted by molar-refractivity contribution is -0.128. The Labute approximate surface area is 105 Å². The summed E-state index contributed by atoms with van der Waals surface area (Å²) >= 11 is 0. The zero-order valence-corrected chi connectivity index (χ0v) is 10.1. The Morgan fingerprint density at radius 3 is 2.67 bits per heavy atom. The van der Waals surface area contributed by atoms with E-state index in [0.717, 1.165) is 0 Å². The normalized spacial score (nSPS) is 18.5. The van der Waals surface area contributed by atoms with Gasteiger partial charge in [-0.25, -0.2) is 4.39 Å². The van der Waals surface area contributed by atoms with Crippen LogP contribution >= 0.6 is 0 Å². The maximum Gasteiger partial charge on any atom is 0.237 e. The second kappa shape index (κ2) is 5.46. The van der Waals surface area contributed by atoms with Gasteiger partial charge in [-0.3, -0.25) is 10.1 Å². The van der Waals surface area contributed by atoms with E-state index in [0.29, 0.717) is 31.6 Å². The van der Waals surface area contributed by atoms with E-state index >= 15 is 0 Å². The third-order valence-corrected chi connectivity index (χ3v) is 3.39. The van der Waals surface area contributed by atoms with E-state index in [-0.39, 0.29) is 12.4 Å². The maximum absolute atomic E-state index is 13.5. The highest BCUT2D eigenvalue weighted by molar-refractivity contribution is 5.84. The number of halogens is 1. The van der Waals surface area contributed by atoms with Gasteiger partial charge in [-0.05, 0) is 18.9 Å². The molecule has 0 spiro atoms. The fraction of sp³-hybridized carbons (Fsp3) is 0.462. The molecule has 0 atom stereocenters. The van der Waals surface area contributed by atoms with Crippen molar-refractivity contribution in [2.24, 2.45) is 5.73 Å². The van der Waals surface area contributed by atoms with Crippen molar-refractivity contribution in [3.63, 3.8) is 0 Å². The summed E-state index contributed by atoms with van der Waals surface area (Å²) in [6.45, 7) is 1.27. The predicted molar refractivity (Wildman–Crippen MR) is 65.2 cm³/mol. The molecule has 0 saturated carbocycles. The van der Waals surface area contributed by atoms with Crippen molar-refractivity contribution in [1.82, 2.24) is 5.32 Å². The quantitative estimate of drug-likeness (QED) is 0.838. The van der Waals surface area contributed by atoms with Crippen LogP contribution in [0.15, 0.2) is 24.3 Å². The zero-order valence-electron chi connectivity index (χ0n) is 10.1. The fourth-order valence-electron chi connectivity index (χ4n) is 2.14. The number of rotatable bonds is 4. The third kappa shape index (κ3) is 2.68. The van der Waals surface area contributed by atoms with Crippen LogP contribution in [-0.2, 0) is 16.1 Å². The Morgan fingerprint density at radius 2 is 2.06 bits per heavy atom. The van der Waals surface area contributed by atoms with Crippen LogP contribution < -0.4 is 11.1 Å². The van der Waals surface area contributed by atoms with Gasteiger partial charge in [0, 0.05) is 25.3 Å². The van der Waals surface area contributed by atoms with Crippen LogP contribution in [0.1, 0.15) is 18.4 Å². The van der Waals surface area contributed by atoms with Crippen molar-refractivity contribution in [3.8, 4) is 0 Å². The number of carbonyl (C=O) groups is 1. The molecule has 98 valence electrons. The average Bonchev–Trinajstić information content (AvgIpc) is 2.39. The molecule has 1 aliphatic heterocycles. The molecular weight excluding hydrogens is 235 g/mol. The molecule has 1 aromatic rings. The minimum Gasteiger partial charge on any atom is -0.381 e. The number of benzene rings is 1. The number of nitrogens with one attached hydrogen (secondary N) is 1. The van der Waals surface area contributed by atoms with Crippen LogP contribution in [0.5, 0.6) is 0 Å². The SMILES string of the molecule is NC(=O)C1(NCc2ccccc2F)CCOCC1. The Bertz CT molecular complexity index is 431. The lowest BCUT2D eigenvalue weighted by atomic mass is 9.89. The minimum absolute atomic E-state index is 0.281. The standard InChI is InChI=1S/C13H17FN2O2/c14-11-4-2-1-3-10(11)9-16-13(12(15)17)5-7-18-8-6-13/h1-4,16H,5-9H2,(H2,15,17). The van der Waals surface area contributed by atoms with Crippen LogP contribution in [0, 0.1) is 5.82 Å². The third-order valence-electron chi connectivity index (χ3n) is 3.39. The van der Waals surface area contributed by atoms with E-state index < -0.39 is 11.4 Å². The Hall–Kier alpha value is -1.46. The largest absolute Gasteiger partial charge is 0.381 e. The van der Waals surface area contributed by atoms with Crippen molar-refractivity contribution in [1.29, 1.82) is 0 Å². The smallest absolute Gasteiger partial charge is 0.237 e. The number of ether oxygens (including phenoxy) is 1. The summed E-state index contributed by atoms with van der Waals surface area (Å²) in [7, 11) is 0. The summed E-state index contributed by atoms with van der Waals surface area (Å²) in [5.74, 6) is -0.682. The van der Waals surface area contributed by atoms with Crippen LogP contribution in [0.2, 0.25) is 0 Å². The van der Waals surface area contributed by atoms with Crippen LogP contribution in [0.3, 0.4) is 0 Å². The van der Waals surface area contributed by atoms with Gasteiger partial charge in [-0.2, -0.15) is 0 Å². The van der Waals surface area contributed by atoms with Crippen molar-refractivity contribution >= 4 is 5.91 Å². The van der Waals surface area contributed by atoms with Gasteiger partial charge < -0.3 is 10.5 Å². The highest BCUT2D eigenvalue weighted by atomic mass is 19.1. The molecule has 5 heteroatoms. The summed E-state index contributed by atoms with van der Waals surface area (Å²) < 4.78 is 18.7. The summed E-state index contributed by atoms with van der Waals surface area (Å²) in [6, 6.07) is 6.49. The second-order valence-corrected chi connectivity index (χ2v) is 4.50. The van der Waals surface area contributed by atoms with Crippen LogP contribution in [0.4, 0.5) is 4.39 Å². The molecule has 1 aliphatic rings. The molecule has 0 radical (unpaired) electrons. The van der Waals surface area contributed by atoms with Crippen LogP contribution in [0.25, 0.3) is 0 Å². The van der Waals surface area contributed by atoms with Gasteiger partial charge in [0.15, 0.2) is 0 Å². The molecular formula is C13H17FN2O2. The highest BCUT2D eigenvalue weighted by Gasteiger charge is 2.37. The summed E-state index contributed by atoms with van der Waals surface area (Å²) in [5, 5.41) is 3.10. The van der Waals surface area contributed by atoms with Gasteiger partial charge in [0.05, 0.1) is 0 Å². The summed E-state index contributed by atoms with van der Waals surface area (Å²) in [6.07, 6.45) is 1.05. The first-order chi connectivity index (χ1) is 8.64. The molecule has 1 saturated heterocycles. The van der Waals surface area contributed by atoms with Gasteiger partial charge in [0.2, 0.25) is 5.91 Å². The van der Waals surface area contributed by atoms with E-state index in [2.05, 4.69) is 5.32 Å². The van der Waals surface area contributed by atoms with Gasteiger partial charge in [0.25, 0.3) is 0 Å². The first-order valence-corrected chi connectivity index (χ1v) is 6.00. The number of hydrogen-bond acceptors (Lipinski definition) is 3. The Morgan fingerprint density at radius 1 is 1.39 bits per heavy atom. The van der Waals surface area contributed by atoms with Crippen LogP contribution in [-0.4, -0.2) is 24.7 Å². The van der Waals surface area contributed by atoms with Gasteiger partial charge in [-0.15, -0.1) is 0 Å². The second-order valence-electron chi connectivity index (χ2n) is 4.50. The van der Waals surface area contributed by atoms with Crippen molar-refractivity contribution in [2.75, 3.05) is 13.2 Å². The lowest BCUT2D eigenvalue weighted by Gasteiger charge is -2.35. The molecule has 18 heavy (non-hydrogen) atoms. The van der Waals surface area contributed by atoms with Crippen molar-refractivity contribution in [3.05, 3.63) is 35.6 Å². The van der Waals surface area contributed by atoms with Gasteiger partial charge in [0.1, 0.15) is 11.4 Å². The van der Waals surface area contributed by atoms with Crippen molar-refractivity contribution < 1.29 is 13.9 Å². The minimum atomic E-state index is -0.777. The lowest BCUT2D eigenvalue weighted by Crippen LogP contribution is -2.58. The molecule has 1 amide bonds. The molecule has 4 nitrogen and oxygen atoms in total. The number of hydrogen-bond donors (Lipinski definition) is 2. The highest BCUT2D eigenvalue weighted by Crippen LogP contribution is 2.21. The first-order valence-electron chi connectivity index (χ1n) is 6.00. The first kappa shape index (κ1) is 13.0. The van der Waals surface area contributed by atoms with E-state index in [4.69, 9.17) is 10.5 Å². The van der Waals surface area contributed by atoms with E-state index in [1.54, 1.807) is 18.2 Å². The number of amides is 1.